The number of ether oxygens (including phenoxy) is 4. The summed E-state index contributed by atoms with van der Waals surface area (Å²) < 4.78 is 21.7. The van der Waals surface area contributed by atoms with E-state index in [2.05, 4.69) is 16.4 Å². The van der Waals surface area contributed by atoms with Gasteiger partial charge in [0.15, 0.2) is 23.0 Å². The highest BCUT2D eigenvalue weighted by Gasteiger charge is 2.13. The van der Waals surface area contributed by atoms with E-state index in [1.807, 2.05) is 13.8 Å². The Morgan fingerprint density at radius 1 is 1.13 bits per heavy atom. The number of nitrogens with zero attached hydrogens (tertiary/aromatic N) is 1. The Balaban J connectivity index is 2.14. The summed E-state index contributed by atoms with van der Waals surface area (Å²) in [6.45, 7) is 4.68. The first-order chi connectivity index (χ1) is 14.5. The van der Waals surface area contributed by atoms with E-state index in [0.717, 1.165) is 0 Å². The van der Waals surface area contributed by atoms with Crippen molar-refractivity contribution in [3.8, 4) is 35.3 Å². The molecule has 0 heterocycles. The maximum absolute atomic E-state index is 12.4. The second-order valence-electron chi connectivity index (χ2n) is 5.75. The molecule has 1 amide bonds. The fourth-order valence-electron chi connectivity index (χ4n) is 2.49. The highest BCUT2D eigenvalue weighted by Crippen LogP contribution is 2.36. The van der Waals surface area contributed by atoms with Crippen molar-refractivity contribution in [2.45, 2.75) is 13.8 Å². The molecule has 0 aromatic heterocycles. The molecule has 0 spiro atoms. The molecule has 0 atom stereocenters. The molecule has 0 fully saturated rings. The van der Waals surface area contributed by atoms with E-state index >= 15 is 0 Å². The minimum Gasteiger partial charge on any atom is -0.493 e. The summed E-state index contributed by atoms with van der Waals surface area (Å²) in [4.78, 5) is 12.4. The molecule has 0 saturated heterocycles. The molecule has 0 aliphatic carbocycles. The summed E-state index contributed by atoms with van der Waals surface area (Å²) >= 11 is 6.27. The molecule has 2 rings (SSSR count). The van der Waals surface area contributed by atoms with Crippen LogP contribution in [0.2, 0.25) is 5.02 Å². The number of hydrazone groups is 1. The van der Waals surface area contributed by atoms with Crippen LogP contribution in [0.3, 0.4) is 0 Å². The zero-order chi connectivity index (χ0) is 21.9. The Morgan fingerprint density at radius 3 is 2.53 bits per heavy atom. The first-order valence-corrected chi connectivity index (χ1v) is 9.58. The Labute approximate surface area is 180 Å². The minimum atomic E-state index is -0.405. The Bertz CT molecular complexity index is 953. The lowest BCUT2D eigenvalue weighted by atomic mass is 10.2. The average molecular weight is 431 g/mol. The highest BCUT2D eigenvalue weighted by molar-refractivity contribution is 6.32. The van der Waals surface area contributed by atoms with Gasteiger partial charge in [-0.3, -0.25) is 4.79 Å². The number of hydrogen-bond acceptors (Lipinski definition) is 6. The van der Waals surface area contributed by atoms with Gasteiger partial charge in [0.05, 0.1) is 31.6 Å². The van der Waals surface area contributed by atoms with Crippen molar-refractivity contribution in [2.24, 2.45) is 5.10 Å². The van der Waals surface area contributed by atoms with E-state index in [-0.39, 0.29) is 6.61 Å². The van der Waals surface area contributed by atoms with Crippen molar-refractivity contribution in [2.75, 3.05) is 26.9 Å². The molecule has 0 saturated carbocycles. The van der Waals surface area contributed by atoms with Crippen LogP contribution in [0, 0.1) is 12.3 Å². The van der Waals surface area contributed by atoms with Crippen LogP contribution in [-0.4, -0.2) is 39.1 Å². The van der Waals surface area contributed by atoms with Crippen LogP contribution in [0.15, 0.2) is 35.4 Å². The second kappa shape index (κ2) is 11.6. The van der Waals surface area contributed by atoms with Crippen LogP contribution in [0.25, 0.3) is 0 Å². The maximum atomic E-state index is 12.4. The SMILES string of the molecule is C#CCOc1c(Cl)cc(/C=N/NC(=O)c2ccc(OCC)c(OC)c2)cc1OCC. The molecule has 2 aromatic rings. The normalized spacial score (nSPS) is 10.4. The van der Waals surface area contributed by atoms with Gasteiger partial charge in [0.2, 0.25) is 0 Å². The maximum Gasteiger partial charge on any atom is 0.271 e. The summed E-state index contributed by atoms with van der Waals surface area (Å²) in [6.07, 6.45) is 6.68. The van der Waals surface area contributed by atoms with Crippen LogP contribution in [0.5, 0.6) is 23.0 Å². The van der Waals surface area contributed by atoms with Gasteiger partial charge in [0.1, 0.15) is 6.61 Å². The van der Waals surface area contributed by atoms with Crippen molar-refractivity contribution >= 4 is 23.7 Å². The summed E-state index contributed by atoms with van der Waals surface area (Å²) in [5, 5.41) is 4.30. The molecule has 0 aliphatic rings. The standard InChI is InChI=1S/C22H23ClN2O5/c1-5-10-30-21-17(23)11-15(12-20(21)29-7-3)14-24-25-22(26)16-8-9-18(28-6-2)19(13-16)27-4/h1,8-9,11-14H,6-7,10H2,2-4H3,(H,25,26)/b24-14+. The molecule has 30 heavy (non-hydrogen) atoms. The topological polar surface area (TPSA) is 78.4 Å². The van der Waals surface area contributed by atoms with Gasteiger partial charge in [-0.05, 0) is 49.7 Å². The van der Waals surface area contributed by atoms with Gasteiger partial charge in [-0.1, -0.05) is 17.5 Å². The number of halogens is 1. The third-order valence-electron chi connectivity index (χ3n) is 3.74. The second-order valence-corrected chi connectivity index (χ2v) is 6.16. The predicted octanol–water partition coefficient (Wildman–Crippen LogP) is 3.92. The molecule has 2 aromatic carbocycles. The lowest BCUT2D eigenvalue weighted by molar-refractivity contribution is 0.0954. The van der Waals surface area contributed by atoms with Crippen molar-refractivity contribution in [3.05, 3.63) is 46.5 Å². The number of nitrogens with one attached hydrogen (secondary N) is 1. The molecule has 0 radical (unpaired) electrons. The number of carbonyl (C=O) groups excluding carboxylic acids is 1. The smallest absolute Gasteiger partial charge is 0.271 e. The lowest BCUT2D eigenvalue weighted by Gasteiger charge is -2.13. The van der Waals surface area contributed by atoms with Crippen LogP contribution in [0.4, 0.5) is 0 Å². The number of amides is 1. The zero-order valence-corrected chi connectivity index (χ0v) is 17.8. The molecular weight excluding hydrogens is 408 g/mol. The van der Waals surface area contributed by atoms with Crippen molar-refractivity contribution in [1.29, 1.82) is 0 Å². The molecular formula is C22H23ClN2O5. The predicted molar refractivity (Wildman–Crippen MR) is 116 cm³/mol. The molecule has 0 bridgehead atoms. The third kappa shape index (κ3) is 6.06. The van der Waals surface area contributed by atoms with Gasteiger partial charge < -0.3 is 18.9 Å². The largest absolute Gasteiger partial charge is 0.493 e. The minimum absolute atomic E-state index is 0.0643. The van der Waals surface area contributed by atoms with Crippen molar-refractivity contribution < 1.29 is 23.7 Å². The quantitative estimate of drug-likeness (QED) is 0.351. The number of methoxy groups -OCH3 is 1. The summed E-state index contributed by atoms with van der Waals surface area (Å²) in [6, 6.07) is 8.20. The zero-order valence-electron chi connectivity index (χ0n) is 17.0. The van der Waals surface area contributed by atoms with Gasteiger partial charge in [-0.15, -0.1) is 6.42 Å². The van der Waals surface area contributed by atoms with Gasteiger partial charge >= 0.3 is 0 Å². The number of terminal acetylenes is 1. The van der Waals surface area contributed by atoms with Gasteiger partial charge in [0, 0.05) is 5.56 Å². The summed E-state index contributed by atoms with van der Waals surface area (Å²) in [5.41, 5.74) is 3.45. The van der Waals surface area contributed by atoms with E-state index in [0.29, 0.717) is 52.4 Å². The number of carbonyl (C=O) groups is 1. The Kier molecular flexibility index (Phi) is 8.85. The van der Waals surface area contributed by atoms with Crippen LogP contribution < -0.4 is 24.4 Å². The molecule has 0 aliphatic heterocycles. The van der Waals surface area contributed by atoms with Crippen LogP contribution in [-0.2, 0) is 0 Å². The van der Waals surface area contributed by atoms with E-state index in [1.54, 1.807) is 30.3 Å². The summed E-state index contributed by atoms with van der Waals surface area (Å²) in [5.74, 6) is 3.79. The number of benzene rings is 2. The Hall–Kier alpha value is -3.37. The van der Waals surface area contributed by atoms with E-state index in [4.69, 9.17) is 37.0 Å². The molecule has 158 valence electrons. The fraction of sp³-hybridized carbons (Fsp3) is 0.273. The van der Waals surface area contributed by atoms with Gasteiger partial charge in [-0.25, -0.2) is 5.43 Å². The van der Waals surface area contributed by atoms with Crippen LogP contribution in [0.1, 0.15) is 29.8 Å². The molecule has 0 unspecified atom stereocenters. The van der Waals surface area contributed by atoms with Crippen molar-refractivity contribution in [3.63, 3.8) is 0 Å². The van der Waals surface area contributed by atoms with Gasteiger partial charge in [-0.2, -0.15) is 5.10 Å². The van der Waals surface area contributed by atoms with Gasteiger partial charge in [0.25, 0.3) is 5.91 Å². The van der Waals surface area contributed by atoms with Crippen LogP contribution >= 0.6 is 11.6 Å². The number of rotatable bonds is 10. The van der Waals surface area contributed by atoms with E-state index < -0.39 is 5.91 Å². The number of hydrogen-bond donors (Lipinski definition) is 1. The average Bonchev–Trinajstić information content (AvgIpc) is 2.74. The third-order valence-corrected chi connectivity index (χ3v) is 4.02. The first kappa shape index (κ1) is 22.9. The monoisotopic (exact) mass is 430 g/mol. The molecule has 1 N–H and O–H groups in total. The molecule has 8 heteroatoms. The van der Waals surface area contributed by atoms with E-state index in [9.17, 15) is 4.79 Å². The first-order valence-electron chi connectivity index (χ1n) is 9.20. The summed E-state index contributed by atoms with van der Waals surface area (Å²) in [7, 11) is 1.51. The Morgan fingerprint density at radius 2 is 1.87 bits per heavy atom. The lowest BCUT2D eigenvalue weighted by Crippen LogP contribution is -2.17. The highest BCUT2D eigenvalue weighted by atomic mass is 35.5. The molecule has 7 nitrogen and oxygen atoms in total. The van der Waals surface area contributed by atoms with E-state index in [1.165, 1.54) is 13.3 Å². The fourth-order valence-corrected chi connectivity index (χ4v) is 2.77. The van der Waals surface area contributed by atoms with Crippen molar-refractivity contribution in [1.82, 2.24) is 5.43 Å².